The van der Waals surface area contributed by atoms with Gasteiger partial charge in [0, 0.05) is 0 Å². The summed E-state index contributed by atoms with van der Waals surface area (Å²) in [7, 11) is 0. The van der Waals surface area contributed by atoms with Gasteiger partial charge in [-0.25, -0.2) is 4.39 Å². The zero-order valence-electron chi connectivity index (χ0n) is 9.07. The zero-order valence-corrected chi connectivity index (χ0v) is 9.07. The first-order valence-electron chi connectivity index (χ1n) is 5.01. The molecular formula is C11H12FN3O. The van der Waals surface area contributed by atoms with Gasteiger partial charge in [-0.2, -0.15) is 4.98 Å². The summed E-state index contributed by atoms with van der Waals surface area (Å²) in [5.41, 5.74) is 0.383. The van der Waals surface area contributed by atoms with Crippen molar-refractivity contribution in [1.82, 2.24) is 15.2 Å². The van der Waals surface area contributed by atoms with E-state index in [-0.39, 0.29) is 17.9 Å². The number of H-pyrrole nitrogens is 1. The lowest BCUT2D eigenvalue weighted by Gasteiger charge is -2.02. The second kappa shape index (κ2) is 4.30. The number of aromatic amines is 1. The molecular weight excluding hydrogens is 209 g/mol. The summed E-state index contributed by atoms with van der Waals surface area (Å²) < 4.78 is 18.7. The minimum atomic E-state index is -0.338. The fourth-order valence-corrected chi connectivity index (χ4v) is 1.28. The molecule has 0 aliphatic heterocycles. The Hall–Kier alpha value is -1.91. The second-order valence-electron chi connectivity index (χ2n) is 3.61. The molecule has 2 rings (SSSR count). The van der Waals surface area contributed by atoms with Crippen LogP contribution < -0.4 is 4.74 Å². The van der Waals surface area contributed by atoms with E-state index >= 15 is 0 Å². The number of hydrogen-bond acceptors (Lipinski definition) is 3. The van der Waals surface area contributed by atoms with Gasteiger partial charge in [0.2, 0.25) is 0 Å². The highest BCUT2D eigenvalue weighted by molar-refractivity contribution is 5.55. The van der Waals surface area contributed by atoms with Gasteiger partial charge in [0.05, 0.1) is 11.7 Å². The van der Waals surface area contributed by atoms with Gasteiger partial charge in [0.15, 0.2) is 5.82 Å². The van der Waals surface area contributed by atoms with Crippen LogP contribution in [0.25, 0.3) is 11.4 Å². The number of nitrogens with zero attached hydrogens (tertiary/aromatic N) is 2. The molecule has 16 heavy (non-hydrogen) atoms. The first-order valence-corrected chi connectivity index (χ1v) is 5.01. The van der Waals surface area contributed by atoms with Crippen LogP contribution in [-0.2, 0) is 0 Å². The molecule has 0 radical (unpaired) electrons. The van der Waals surface area contributed by atoms with Crippen LogP contribution >= 0.6 is 0 Å². The lowest BCUT2D eigenvalue weighted by Crippen LogP contribution is -2.06. The Kier molecular flexibility index (Phi) is 2.85. The summed E-state index contributed by atoms with van der Waals surface area (Å²) in [6, 6.07) is 6.61. The average molecular weight is 221 g/mol. The molecule has 5 heteroatoms. The van der Waals surface area contributed by atoms with E-state index in [2.05, 4.69) is 15.2 Å². The molecule has 1 heterocycles. The van der Waals surface area contributed by atoms with E-state index < -0.39 is 0 Å². The normalized spacial score (nSPS) is 10.8. The van der Waals surface area contributed by atoms with E-state index in [0.717, 1.165) is 0 Å². The highest BCUT2D eigenvalue weighted by Gasteiger charge is 2.10. The molecule has 0 atom stereocenters. The van der Waals surface area contributed by atoms with Gasteiger partial charge in [-0.1, -0.05) is 12.1 Å². The molecule has 84 valence electrons. The monoisotopic (exact) mass is 221 g/mol. The van der Waals surface area contributed by atoms with Crippen molar-refractivity contribution in [3.8, 4) is 17.4 Å². The number of aromatic nitrogens is 3. The molecule has 0 spiro atoms. The number of nitrogens with one attached hydrogen (secondary N) is 1. The third-order valence-corrected chi connectivity index (χ3v) is 1.93. The Balaban J connectivity index is 2.28. The summed E-state index contributed by atoms with van der Waals surface area (Å²) in [5.74, 6) is 0.0310. The van der Waals surface area contributed by atoms with Gasteiger partial charge in [0.25, 0.3) is 0 Å². The Morgan fingerprint density at radius 1 is 1.31 bits per heavy atom. The Morgan fingerprint density at radius 3 is 2.75 bits per heavy atom. The summed E-state index contributed by atoms with van der Waals surface area (Å²) in [6.07, 6.45) is -0.00993. The Labute approximate surface area is 92.5 Å². The molecule has 4 nitrogen and oxygen atoms in total. The van der Waals surface area contributed by atoms with Crippen molar-refractivity contribution in [2.24, 2.45) is 0 Å². The van der Waals surface area contributed by atoms with Crippen molar-refractivity contribution < 1.29 is 9.13 Å². The van der Waals surface area contributed by atoms with Crippen molar-refractivity contribution in [1.29, 1.82) is 0 Å². The SMILES string of the molecule is CC(C)Oc1n[nH]c(-c2ccccc2F)n1. The van der Waals surface area contributed by atoms with Gasteiger partial charge >= 0.3 is 6.01 Å². The average Bonchev–Trinajstić information content (AvgIpc) is 2.66. The van der Waals surface area contributed by atoms with Crippen LogP contribution in [0.2, 0.25) is 0 Å². The van der Waals surface area contributed by atoms with Crippen LogP contribution in [0.3, 0.4) is 0 Å². The largest absolute Gasteiger partial charge is 0.460 e. The van der Waals surface area contributed by atoms with Crippen molar-refractivity contribution >= 4 is 0 Å². The maximum atomic E-state index is 13.4. The molecule has 0 aliphatic rings. The fourth-order valence-electron chi connectivity index (χ4n) is 1.28. The van der Waals surface area contributed by atoms with Crippen LogP contribution in [0.5, 0.6) is 6.01 Å². The van der Waals surface area contributed by atoms with Crippen LogP contribution in [0.4, 0.5) is 4.39 Å². The third kappa shape index (κ3) is 2.18. The van der Waals surface area contributed by atoms with Gasteiger partial charge in [-0.15, -0.1) is 5.10 Å². The number of halogens is 1. The standard InChI is InChI=1S/C11H12FN3O/c1-7(2)16-11-13-10(14-15-11)8-5-3-4-6-9(8)12/h3-7H,1-2H3,(H,13,14,15). The van der Waals surface area contributed by atoms with Crippen LogP contribution in [0, 0.1) is 5.82 Å². The number of benzene rings is 1. The molecule has 0 bridgehead atoms. The first-order chi connectivity index (χ1) is 7.66. The summed E-state index contributed by atoms with van der Waals surface area (Å²) in [5, 5.41) is 6.49. The predicted molar refractivity (Wildman–Crippen MR) is 57.5 cm³/mol. The third-order valence-electron chi connectivity index (χ3n) is 1.93. The highest BCUT2D eigenvalue weighted by atomic mass is 19.1. The molecule has 1 aromatic carbocycles. The predicted octanol–water partition coefficient (Wildman–Crippen LogP) is 2.40. The van der Waals surface area contributed by atoms with Gasteiger partial charge in [-0.3, -0.25) is 5.10 Å². The van der Waals surface area contributed by atoms with Crippen LogP contribution in [-0.4, -0.2) is 21.3 Å². The fraction of sp³-hybridized carbons (Fsp3) is 0.273. The van der Waals surface area contributed by atoms with Crippen molar-refractivity contribution in [3.05, 3.63) is 30.1 Å². The topological polar surface area (TPSA) is 50.8 Å². The molecule has 0 fully saturated rings. The first kappa shape index (κ1) is 10.6. The van der Waals surface area contributed by atoms with Crippen molar-refractivity contribution in [3.63, 3.8) is 0 Å². The maximum absolute atomic E-state index is 13.4. The molecule has 0 saturated carbocycles. The summed E-state index contributed by atoms with van der Waals surface area (Å²) >= 11 is 0. The lowest BCUT2D eigenvalue weighted by atomic mass is 10.2. The van der Waals surface area contributed by atoms with Crippen LogP contribution in [0.15, 0.2) is 24.3 Å². The molecule has 0 aliphatic carbocycles. The quantitative estimate of drug-likeness (QED) is 0.865. The van der Waals surface area contributed by atoms with Crippen molar-refractivity contribution in [2.75, 3.05) is 0 Å². The summed E-state index contributed by atoms with van der Waals surface area (Å²) in [4.78, 5) is 4.05. The van der Waals surface area contributed by atoms with Crippen molar-refractivity contribution in [2.45, 2.75) is 20.0 Å². The van der Waals surface area contributed by atoms with E-state index in [1.165, 1.54) is 6.07 Å². The summed E-state index contributed by atoms with van der Waals surface area (Å²) in [6.45, 7) is 3.75. The Morgan fingerprint density at radius 2 is 2.06 bits per heavy atom. The van der Waals surface area contributed by atoms with E-state index in [1.807, 2.05) is 13.8 Å². The number of hydrogen-bond donors (Lipinski definition) is 1. The molecule has 1 aromatic heterocycles. The second-order valence-corrected chi connectivity index (χ2v) is 3.61. The molecule has 0 unspecified atom stereocenters. The van der Waals surface area contributed by atoms with E-state index in [0.29, 0.717) is 11.4 Å². The highest BCUT2D eigenvalue weighted by Crippen LogP contribution is 2.20. The van der Waals surface area contributed by atoms with E-state index in [1.54, 1.807) is 18.2 Å². The zero-order chi connectivity index (χ0) is 11.5. The van der Waals surface area contributed by atoms with E-state index in [4.69, 9.17) is 4.74 Å². The molecule has 0 amide bonds. The number of rotatable bonds is 3. The maximum Gasteiger partial charge on any atom is 0.336 e. The molecule has 0 saturated heterocycles. The van der Waals surface area contributed by atoms with Gasteiger partial charge in [-0.05, 0) is 26.0 Å². The smallest absolute Gasteiger partial charge is 0.336 e. The van der Waals surface area contributed by atoms with Crippen LogP contribution in [0.1, 0.15) is 13.8 Å². The Bertz CT molecular complexity index is 482. The number of ether oxygens (including phenoxy) is 1. The minimum absolute atomic E-state index is 0.00993. The molecule has 1 N–H and O–H groups in total. The van der Waals surface area contributed by atoms with Gasteiger partial charge in [0.1, 0.15) is 5.82 Å². The minimum Gasteiger partial charge on any atom is -0.460 e. The lowest BCUT2D eigenvalue weighted by molar-refractivity contribution is 0.223. The molecule has 2 aromatic rings. The van der Waals surface area contributed by atoms with Gasteiger partial charge < -0.3 is 4.74 Å². The van der Waals surface area contributed by atoms with E-state index in [9.17, 15) is 4.39 Å².